The van der Waals surface area contributed by atoms with Gasteiger partial charge in [0, 0.05) is 16.2 Å². The normalized spacial score (nSPS) is 12.8. The summed E-state index contributed by atoms with van der Waals surface area (Å²) in [5.74, 6) is 0.308. The van der Waals surface area contributed by atoms with Crippen molar-refractivity contribution in [3.8, 4) is 5.69 Å². The number of ketones is 1. The second-order valence-corrected chi connectivity index (χ2v) is 5.70. The first-order valence-corrected chi connectivity index (χ1v) is 7.41. The van der Waals surface area contributed by atoms with Gasteiger partial charge in [0.2, 0.25) is 0 Å². The molecule has 22 heavy (non-hydrogen) atoms. The van der Waals surface area contributed by atoms with Crippen LogP contribution in [-0.2, 0) is 0 Å². The van der Waals surface area contributed by atoms with Crippen molar-refractivity contribution in [2.24, 2.45) is 5.92 Å². The van der Waals surface area contributed by atoms with Crippen LogP contribution >= 0.6 is 11.6 Å². The lowest BCUT2D eigenvalue weighted by Crippen LogP contribution is -2.03. The molecule has 0 fully saturated rings. The Morgan fingerprint density at radius 2 is 1.95 bits per heavy atom. The predicted molar refractivity (Wildman–Crippen MR) is 88.2 cm³/mol. The number of Topliss-reactive ketones (excluding diaryl/α,β-unsaturated/α-hetero) is 1. The van der Waals surface area contributed by atoms with Crippen LogP contribution in [0.15, 0.2) is 59.7 Å². The van der Waals surface area contributed by atoms with Crippen LogP contribution in [0.5, 0.6) is 0 Å². The van der Waals surface area contributed by atoms with E-state index in [1.165, 1.54) is 6.33 Å². The first-order valence-electron chi connectivity index (χ1n) is 7.03. The average Bonchev–Trinajstić information content (AvgIpc) is 3.05. The Morgan fingerprint density at radius 3 is 2.50 bits per heavy atom. The molecule has 0 unspecified atom stereocenters. The molecule has 0 spiro atoms. The molecule has 0 amide bonds. The van der Waals surface area contributed by atoms with Crippen molar-refractivity contribution in [3.63, 3.8) is 0 Å². The van der Waals surface area contributed by atoms with Crippen LogP contribution in [0.4, 0.5) is 0 Å². The Balaban J connectivity index is 2.21. The highest BCUT2D eigenvalue weighted by molar-refractivity contribution is 6.34. The first-order chi connectivity index (χ1) is 10.5. The summed E-state index contributed by atoms with van der Waals surface area (Å²) in [5.41, 5.74) is 1.98. The molecule has 0 aliphatic carbocycles. The van der Waals surface area contributed by atoms with Gasteiger partial charge in [-0.2, -0.15) is 5.10 Å². The molecule has 0 N–H and O–H groups in total. The second-order valence-electron chi connectivity index (χ2n) is 5.29. The third-order valence-corrected chi connectivity index (χ3v) is 3.55. The highest BCUT2D eigenvalue weighted by Gasteiger charge is 2.11. The highest BCUT2D eigenvalue weighted by Crippen LogP contribution is 2.18. The van der Waals surface area contributed by atoms with Crippen LogP contribution in [-0.4, -0.2) is 20.5 Å². The van der Waals surface area contributed by atoms with Crippen molar-refractivity contribution in [1.82, 2.24) is 14.8 Å². The number of nitrogens with zero attached hydrogens (tertiary/aromatic N) is 3. The molecule has 1 heterocycles. The Hall–Kier alpha value is -2.20. The molecule has 0 bridgehead atoms. The Bertz CT molecular complexity index is 698. The van der Waals surface area contributed by atoms with Crippen molar-refractivity contribution < 1.29 is 4.79 Å². The molecular weight excluding hydrogens is 298 g/mol. The molecule has 5 heteroatoms. The van der Waals surface area contributed by atoms with Crippen LogP contribution in [0.25, 0.3) is 5.69 Å². The fraction of sp³-hybridized carbons (Fsp3) is 0.235. The van der Waals surface area contributed by atoms with E-state index in [1.807, 2.05) is 18.2 Å². The number of allylic oxidation sites excluding steroid dienone is 4. The fourth-order valence-corrected chi connectivity index (χ4v) is 1.99. The number of aromatic nitrogens is 3. The Morgan fingerprint density at radius 1 is 1.27 bits per heavy atom. The van der Waals surface area contributed by atoms with E-state index in [0.717, 1.165) is 5.69 Å². The molecule has 4 nitrogen and oxygen atoms in total. The van der Waals surface area contributed by atoms with Gasteiger partial charge in [-0.1, -0.05) is 31.5 Å². The summed E-state index contributed by atoms with van der Waals surface area (Å²) in [6.45, 7) is 5.85. The molecular formula is C17H18ClN3O. The number of carbonyl (C=O) groups is 1. The average molecular weight is 316 g/mol. The minimum Gasteiger partial charge on any atom is -0.289 e. The van der Waals surface area contributed by atoms with Crippen molar-refractivity contribution in [3.05, 3.63) is 65.2 Å². The lowest BCUT2D eigenvalue weighted by atomic mass is 10.0. The molecule has 0 saturated heterocycles. The van der Waals surface area contributed by atoms with Crippen molar-refractivity contribution in [2.45, 2.75) is 20.8 Å². The summed E-state index contributed by atoms with van der Waals surface area (Å²) >= 11 is 6.18. The number of rotatable bonds is 5. The summed E-state index contributed by atoms with van der Waals surface area (Å²) in [6, 6.07) is 7.18. The van der Waals surface area contributed by atoms with E-state index >= 15 is 0 Å². The number of hydrogen-bond acceptors (Lipinski definition) is 3. The molecule has 0 saturated carbocycles. The van der Waals surface area contributed by atoms with Gasteiger partial charge in [-0.3, -0.25) is 4.79 Å². The van der Waals surface area contributed by atoms with Gasteiger partial charge in [-0.15, -0.1) is 0 Å². The fourth-order valence-electron chi connectivity index (χ4n) is 1.83. The largest absolute Gasteiger partial charge is 0.289 e. The quantitative estimate of drug-likeness (QED) is 0.472. The van der Waals surface area contributed by atoms with Crippen LogP contribution < -0.4 is 0 Å². The minimum absolute atomic E-state index is 0.0800. The molecule has 0 aliphatic heterocycles. The van der Waals surface area contributed by atoms with Gasteiger partial charge < -0.3 is 0 Å². The first kappa shape index (κ1) is 16.2. The molecule has 2 aromatic rings. The standard InChI is InChI=1S/C17H18ClN3O/c1-12(2)4-9-16(18)13(3)17(22)14-5-7-15(8-6-14)21-11-19-10-20-21/h4-12H,1-3H3/b9-4-,16-13-. The van der Waals surface area contributed by atoms with Crippen LogP contribution in [0, 0.1) is 5.92 Å². The smallest absolute Gasteiger partial charge is 0.190 e. The van der Waals surface area contributed by atoms with E-state index in [9.17, 15) is 4.79 Å². The summed E-state index contributed by atoms with van der Waals surface area (Å²) in [5, 5.41) is 4.52. The topological polar surface area (TPSA) is 47.8 Å². The van der Waals surface area contributed by atoms with Gasteiger partial charge in [0.15, 0.2) is 5.78 Å². The molecule has 0 atom stereocenters. The van der Waals surface area contributed by atoms with E-state index in [0.29, 0.717) is 22.1 Å². The van der Waals surface area contributed by atoms with Gasteiger partial charge in [0.05, 0.1) is 5.69 Å². The maximum absolute atomic E-state index is 12.4. The molecule has 1 aromatic heterocycles. The number of hydrogen-bond donors (Lipinski definition) is 0. The lowest BCUT2D eigenvalue weighted by Gasteiger charge is -2.05. The zero-order chi connectivity index (χ0) is 16.1. The van der Waals surface area contributed by atoms with Crippen molar-refractivity contribution in [1.29, 1.82) is 0 Å². The zero-order valence-corrected chi connectivity index (χ0v) is 13.6. The number of carbonyl (C=O) groups excluding carboxylic acids is 1. The summed E-state index contributed by atoms with van der Waals surface area (Å²) in [4.78, 5) is 16.3. The van der Waals surface area contributed by atoms with E-state index in [1.54, 1.807) is 36.1 Å². The number of halogens is 1. The molecule has 0 radical (unpaired) electrons. The monoisotopic (exact) mass is 315 g/mol. The maximum Gasteiger partial charge on any atom is 0.190 e. The van der Waals surface area contributed by atoms with E-state index in [-0.39, 0.29) is 5.78 Å². The minimum atomic E-state index is -0.0800. The van der Waals surface area contributed by atoms with Crippen LogP contribution in [0.2, 0.25) is 0 Å². The van der Waals surface area contributed by atoms with Crippen molar-refractivity contribution in [2.75, 3.05) is 0 Å². The van der Waals surface area contributed by atoms with E-state index in [4.69, 9.17) is 11.6 Å². The highest BCUT2D eigenvalue weighted by atomic mass is 35.5. The third-order valence-electron chi connectivity index (χ3n) is 3.14. The lowest BCUT2D eigenvalue weighted by molar-refractivity contribution is 0.103. The van der Waals surface area contributed by atoms with E-state index in [2.05, 4.69) is 23.9 Å². The molecule has 114 valence electrons. The Labute approximate surface area is 135 Å². The van der Waals surface area contributed by atoms with Gasteiger partial charge >= 0.3 is 0 Å². The molecule has 2 rings (SSSR count). The number of benzene rings is 1. The van der Waals surface area contributed by atoms with Gasteiger partial charge in [-0.05, 0) is 43.2 Å². The van der Waals surface area contributed by atoms with Gasteiger partial charge in [-0.25, -0.2) is 9.67 Å². The SMILES string of the molecule is C/C(C(=O)c1ccc(-n2cncn2)cc1)=C(Cl)\C=C/C(C)C. The maximum atomic E-state index is 12.4. The Kier molecular flexibility index (Phi) is 5.28. The second kappa shape index (κ2) is 7.18. The summed E-state index contributed by atoms with van der Waals surface area (Å²) in [7, 11) is 0. The predicted octanol–water partition coefficient (Wildman–Crippen LogP) is 4.18. The van der Waals surface area contributed by atoms with E-state index < -0.39 is 0 Å². The third kappa shape index (κ3) is 3.92. The van der Waals surface area contributed by atoms with Crippen LogP contribution in [0.1, 0.15) is 31.1 Å². The van der Waals surface area contributed by atoms with Gasteiger partial charge in [0.25, 0.3) is 0 Å². The van der Waals surface area contributed by atoms with Crippen LogP contribution in [0.3, 0.4) is 0 Å². The molecule has 1 aromatic carbocycles. The summed E-state index contributed by atoms with van der Waals surface area (Å²) in [6.07, 6.45) is 6.82. The van der Waals surface area contributed by atoms with Gasteiger partial charge in [0.1, 0.15) is 12.7 Å². The summed E-state index contributed by atoms with van der Waals surface area (Å²) < 4.78 is 1.63. The zero-order valence-electron chi connectivity index (χ0n) is 12.8. The molecule has 0 aliphatic rings. The van der Waals surface area contributed by atoms with Crippen molar-refractivity contribution >= 4 is 17.4 Å².